The van der Waals surface area contributed by atoms with Crippen LogP contribution in [0.2, 0.25) is 0 Å². The predicted octanol–water partition coefficient (Wildman–Crippen LogP) is 4.90. The smallest absolute Gasteiger partial charge is 0.290 e. The van der Waals surface area contributed by atoms with Crippen LogP contribution in [0.1, 0.15) is 22.9 Å². The van der Waals surface area contributed by atoms with Crippen molar-refractivity contribution < 1.29 is 9.90 Å². The normalized spacial score (nSPS) is 16.9. The number of aliphatic hydroxyl groups is 1. The number of benzene rings is 2. The Balaban J connectivity index is 1.81. The highest BCUT2D eigenvalue weighted by Gasteiger charge is 2.41. The number of pyridine rings is 1. The van der Waals surface area contributed by atoms with E-state index in [-0.39, 0.29) is 17.7 Å². The zero-order valence-electron chi connectivity index (χ0n) is 14.4. The van der Waals surface area contributed by atoms with Crippen LogP contribution >= 0.6 is 15.9 Å². The molecule has 5 heteroatoms. The van der Waals surface area contributed by atoms with Gasteiger partial charge in [0, 0.05) is 16.2 Å². The zero-order valence-corrected chi connectivity index (χ0v) is 16.0. The molecule has 1 aromatic heterocycles. The minimum atomic E-state index is -0.382. The molecule has 4 nitrogen and oxygen atoms in total. The summed E-state index contributed by atoms with van der Waals surface area (Å²) < 4.78 is 0.960. The van der Waals surface area contributed by atoms with Crippen molar-refractivity contribution in [1.82, 2.24) is 9.88 Å². The molecule has 3 aromatic rings. The molecule has 0 aliphatic carbocycles. The lowest BCUT2D eigenvalue weighted by molar-refractivity contribution is -0.130. The van der Waals surface area contributed by atoms with Crippen molar-refractivity contribution >= 4 is 27.4 Å². The van der Waals surface area contributed by atoms with Crippen LogP contribution in [0.25, 0.3) is 5.57 Å². The van der Waals surface area contributed by atoms with Gasteiger partial charge in [-0.3, -0.25) is 9.78 Å². The van der Waals surface area contributed by atoms with Crippen LogP contribution in [-0.2, 0) is 11.3 Å². The van der Waals surface area contributed by atoms with Crippen LogP contribution in [0.5, 0.6) is 0 Å². The Labute approximate surface area is 165 Å². The summed E-state index contributed by atoms with van der Waals surface area (Å²) in [6.45, 7) is 0.320. The maximum absolute atomic E-state index is 12.9. The Kier molecular flexibility index (Phi) is 4.77. The van der Waals surface area contributed by atoms with Gasteiger partial charge >= 0.3 is 0 Å². The lowest BCUT2D eigenvalue weighted by atomic mass is 9.93. The minimum Gasteiger partial charge on any atom is -0.503 e. The van der Waals surface area contributed by atoms with Crippen LogP contribution < -0.4 is 0 Å². The molecule has 0 spiro atoms. The number of carbonyl (C=O) groups excluding carboxylic acids is 1. The molecule has 4 rings (SSSR count). The Morgan fingerprint density at radius 1 is 0.963 bits per heavy atom. The molecule has 27 heavy (non-hydrogen) atoms. The van der Waals surface area contributed by atoms with Gasteiger partial charge in [0.1, 0.15) is 0 Å². The van der Waals surface area contributed by atoms with Crippen LogP contribution in [0.15, 0.2) is 89.2 Å². The monoisotopic (exact) mass is 420 g/mol. The third-order valence-electron chi connectivity index (χ3n) is 4.63. The molecule has 0 bridgehead atoms. The molecule has 1 aliphatic rings. The van der Waals surface area contributed by atoms with E-state index in [0.29, 0.717) is 12.1 Å². The van der Waals surface area contributed by atoms with E-state index in [9.17, 15) is 9.90 Å². The van der Waals surface area contributed by atoms with Crippen molar-refractivity contribution in [2.45, 2.75) is 12.6 Å². The fourth-order valence-electron chi connectivity index (χ4n) is 3.39. The molecular weight excluding hydrogens is 404 g/mol. The van der Waals surface area contributed by atoms with Gasteiger partial charge < -0.3 is 10.0 Å². The van der Waals surface area contributed by atoms with Crippen LogP contribution in [0.4, 0.5) is 0 Å². The van der Waals surface area contributed by atoms with E-state index in [4.69, 9.17) is 0 Å². The highest BCUT2D eigenvalue weighted by atomic mass is 79.9. The van der Waals surface area contributed by atoms with Gasteiger partial charge in [0.15, 0.2) is 5.76 Å². The molecule has 0 saturated heterocycles. The number of nitrogens with zero attached hydrogens (tertiary/aromatic N) is 2. The molecule has 134 valence electrons. The maximum Gasteiger partial charge on any atom is 0.290 e. The van der Waals surface area contributed by atoms with Crippen molar-refractivity contribution in [1.29, 1.82) is 0 Å². The van der Waals surface area contributed by atoms with Gasteiger partial charge in [0.05, 0.1) is 18.3 Å². The summed E-state index contributed by atoms with van der Waals surface area (Å²) in [7, 11) is 0. The van der Waals surface area contributed by atoms with Crippen molar-refractivity contribution in [2.75, 3.05) is 0 Å². The first kappa shape index (κ1) is 17.5. The van der Waals surface area contributed by atoms with E-state index in [0.717, 1.165) is 21.3 Å². The number of aromatic nitrogens is 1. The van der Waals surface area contributed by atoms with Crippen molar-refractivity contribution in [3.8, 4) is 0 Å². The average molecular weight is 421 g/mol. The second-order valence-electron chi connectivity index (χ2n) is 6.34. The number of rotatable bonds is 4. The third-order valence-corrected chi connectivity index (χ3v) is 5.16. The highest BCUT2D eigenvalue weighted by molar-refractivity contribution is 9.10. The lowest BCUT2D eigenvalue weighted by Crippen LogP contribution is -2.30. The molecular formula is C22H17BrN2O2. The van der Waals surface area contributed by atoms with Gasteiger partial charge in [-0.15, -0.1) is 0 Å². The van der Waals surface area contributed by atoms with E-state index in [2.05, 4.69) is 20.9 Å². The van der Waals surface area contributed by atoms with E-state index in [1.54, 1.807) is 11.1 Å². The zero-order chi connectivity index (χ0) is 18.8. The summed E-state index contributed by atoms with van der Waals surface area (Å²) in [4.78, 5) is 18.9. The molecule has 0 unspecified atom stereocenters. The fraction of sp³-hybridized carbons (Fsp3) is 0.0909. The van der Waals surface area contributed by atoms with Crippen LogP contribution in [0.3, 0.4) is 0 Å². The second-order valence-corrected chi connectivity index (χ2v) is 7.25. The van der Waals surface area contributed by atoms with Gasteiger partial charge in [-0.1, -0.05) is 64.5 Å². The summed E-state index contributed by atoms with van der Waals surface area (Å²) in [6.07, 6.45) is 1.70. The van der Waals surface area contributed by atoms with E-state index in [1.807, 2.05) is 72.8 Å². The molecule has 1 atom stereocenters. The summed E-state index contributed by atoms with van der Waals surface area (Å²) in [5.41, 5.74) is 3.17. The first-order valence-electron chi connectivity index (χ1n) is 8.60. The SMILES string of the molecule is O=C1C(O)=C(c2ccccc2)[C@H](c2ccc(Br)cc2)N1Cc1ccccn1. The summed E-state index contributed by atoms with van der Waals surface area (Å²) in [6, 6.07) is 22.6. The lowest BCUT2D eigenvalue weighted by Gasteiger charge is -2.27. The van der Waals surface area contributed by atoms with E-state index in [1.165, 1.54) is 0 Å². The van der Waals surface area contributed by atoms with Gasteiger partial charge in [-0.2, -0.15) is 0 Å². The number of hydrogen-bond donors (Lipinski definition) is 1. The molecule has 0 radical (unpaired) electrons. The molecule has 1 N–H and O–H groups in total. The van der Waals surface area contributed by atoms with Gasteiger partial charge in [-0.05, 0) is 35.4 Å². The van der Waals surface area contributed by atoms with Crippen molar-refractivity contribution in [2.24, 2.45) is 0 Å². The standard InChI is InChI=1S/C22H17BrN2O2/c23-17-11-9-16(10-12-17)20-19(15-6-2-1-3-7-15)21(26)22(27)25(20)14-18-8-4-5-13-24-18/h1-13,20,26H,14H2/t20-/m0/s1. The topological polar surface area (TPSA) is 53.4 Å². The summed E-state index contributed by atoms with van der Waals surface area (Å²) in [5.74, 6) is -0.586. The molecule has 1 amide bonds. The Morgan fingerprint density at radius 3 is 2.33 bits per heavy atom. The number of aliphatic hydroxyl groups excluding tert-OH is 1. The highest BCUT2D eigenvalue weighted by Crippen LogP contribution is 2.43. The maximum atomic E-state index is 12.9. The number of amides is 1. The third kappa shape index (κ3) is 3.38. The predicted molar refractivity (Wildman–Crippen MR) is 108 cm³/mol. The number of hydrogen-bond acceptors (Lipinski definition) is 3. The van der Waals surface area contributed by atoms with Crippen molar-refractivity contribution in [3.63, 3.8) is 0 Å². The molecule has 1 aliphatic heterocycles. The van der Waals surface area contributed by atoms with E-state index < -0.39 is 0 Å². The molecule has 0 saturated carbocycles. The fourth-order valence-corrected chi connectivity index (χ4v) is 3.65. The molecule has 2 aromatic carbocycles. The first-order chi connectivity index (χ1) is 13.1. The minimum absolute atomic E-state index is 0.204. The Hall–Kier alpha value is -2.92. The van der Waals surface area contributed by atoms with E-state index >= 15 is 0 Å². The summed E-state index contributed by atoms with van der Waals surface area (Å²) >= 11 is 3.45. The van der Waals surface area contributed by atoms with Gasteiger partial charge in [0.25, 0.3) is 5.91 Å². The molecule has 2 heterocycles. The second kappa shape index (κ2) is 7.37. The van der Waals surface area contributed by atoms with Crippen LogP contribution in [0, 0.1) is 0 Å². The molecule has 0 fully saturated rings. The quantitative estimate of drug-likeness (QED) is 0.652. The average Bonchev–Trinajstić information content (AvgIpc) is 2.95. The largest absolute Gasteiger partial charge is 0.503 e. The Morgan fingerprint density at radius 2 is 1.67 bits per heavy atom. The summed E-state index contributed by atoms with van der Waals surface area (Å²) in [5, 5.41) is 10.7. The first-order valence-corrected chi connectivity index (χ1v) is 9.39. The van der Waals surface area contributed by atoms with Crippen molar-refractivity contribution in [3.05, 3.63) is 106 Å². The van der Waals surface area contributed by atoms with Crippen LogP contribution in [-0.4, -0.2) is 20.9 Å². The number of carbonyl (C=O) groups is 1. The number of halogens is 1. The van der Waals surface area contributed by atoms with Gasteiger partial charge in [-0.25, -0.2) is 0 Å². The Bertz CT molecular complexity index is 986. The van der Waals surface area contributed by atoms with Gasteiger partial charge in [0.2, 0.25) is 0 Å².